The fourth-order valence-electron chi connectivity index (χ4n) is 3.46. The molecular weight excluding hydrogens is 252 g/mol. The first-order valence-corrected chi connectivity index (χ1v) is 8.52. The van der Waals surface area contributed by atoms with Crippen molar-refractivity contribution in [2.45, 2.75) is 19.0 Å². The molecule has 0 spiro atoms. The summed E-state index contributed by atoms with van der Waals surface area (Å²) in [6.45, 7) is 3.71. The molecule has 0 saturated carbocycles. The summed E-state index contributed by atoms with van der Waals surface area (Å²) < 4.78 is 0. The summed E-state index contributed by atoms with van der Waals surface area (Å²) in [5.41, 5.74) is 1.46. The molecule has 2 nitrogen and oxygen atoms in total. The van der Waals surface area contributed by atoms with Crippen molar-refractivity contribution in [3.05, 3.63) is 35.9 Å². The molecule has 1 aromatic rings. The van der Waals surface area contributed by atoms with Gasteiger partial charge in [-0.3, -0.25) is 4.90 Å². The van der Waals surface area contributed by atoms with Gasteiger partial charge in [0, 0.05) is 31.4 Å². The van der Waals surface area contributed by atoms with Gasteiger partial charge in [0.25, 0.3) is 0 Å². The molecule has 2 aliphatic rings. The molecule has 1 aromatic carbocycles. The second-order valence-corrected chi connectivity index (χ2v) is 7.03. The van der Waals surface area contributed by atoms with Gasteiger partial charge >= 0.3 is 0 Å². The summed E-state index contributed by atoms with van der Waals surface area (Å²) in [6, 6.07) is 11.6. The van der Waals surface area contributed by atoms with Crippen molar-refractivity contribution < 1.29 is 0 Å². The second kappa shape index (κ2) is 6.29. The van der Waals surface area contributed by atoms with Gasteiger partial charge in [-0.2, -0.15) is 11.8 Å². The van der Waals surface area contributed by atoms with E-state index in [2.05, 4.69) is 59.4 Å². The molecule has 3 heteroatoms. The number of nitrogens with zero attached hydrogens (tertiary/aromatic N) is 1. The van der Waals surface area contributed by atoms with Crippen molar-refractivity contribution in [1.82, 2.24) is 10.2 Å². The van der Waals surface area contributed by atoms with Gasteiger partial charge in [-0.1, -0.05) is 30.3 Å². The molecule has 104 valence electrons. The molecule has 19 heavy (non-hydrogen) atoms. The second-order valence-electron chi connectivity index (χ2n) is 5.96. The topological polar surface area (TPSA) is 15.3 Å². The Kier molecular flexibility index (Phi) is 4.46. The highest BCUT2D eigenvalue weighted by Crippen LogP contribution is 2.34. The lowest BCUT2D eigenvalue weighted by molar-refractivity contribution is 0.307. The number of benzene rings is 1. The molecule has 0 aromatic heterocycles. The molecule has 2 heterocycles. The van der Waals surface area contributed by atoms with Crippen molar-refractivity contribution in [1.29, 1.82) is 0 Å². The molecule has 0 aliphatic carbocycles. The van der Waals surface area contributed by atoms with E-state index in [1.165, 1.54) is 36.6 Å². The maximum atomic E-state index is 3.48. The summed E-state index contributed by atoms with van der Waals surface area (Å²) in [4.78, 5) is 2.66. The van der Waals surface area contributed by atoms with Gasteiger partial charge < -0.3 is 5.32 Å². The highest BCUT2D eigenvalue weighted by Gasteiger charge is 2.35. The minimum absolute atomic E-state index is 0.719. The third-order valence-electron chi connectivity index (χ3n) is 4.55. The molecule has 2 aliphatic heterocycles. The zero-order valence-corrected chi connectivity index (χ0v) is 12.5. The number of rotatable bonds is 3. The van der Waals surface area contributed by atoms with Gasteiger partial charge in [0.2, 0.25) is 0 Å². The molecule has 2 saturated heterocycles. The van der Waals surface area contributed by atoms with E-state index >= 15 is 0 Å². The van der Waals surface area contributed by atoms with Gasteiger partial charge in [-0.15, -0.1) is 0 Å². The van der Waals surface area contributed by atoms with E-state index in [1.54, 1.807) is 0 Å². The first-order valence-electron chi connectivity index (χ1n) is 7.36. The highest BCUT2D eigenvalue weighted by molar-refractivity contribution is 7.99. The smallest absolute Gasteiger partial charge is 0.0233 e. The molecule has 0 radical (unpaired) electrons. The highest BCUT2D eigenvalue weighted by atomic mass is 32.2. The van der Waals surface area contributed by atoms with E-state index < -0.39 is 0 Å². The first-order chi connectivity index (χ1) is 9.35. The molecule has 0 amide bonds. The largest absolute Gasteiger partial charge is 0.316 e. The predicted molar refractivity (Wildman–Crippen MR) is 83.5 cm³/mol. The fraction of sp³-hybridized carbons (Fsp3) is 0.625. The van der Waals surface area contributed by atoms with Crippen LogP contribution in [0.3, 0.4) is 0 Å². The van der Waals surface area contributed by atoms with Gasteiger partial charge in [0.15, 0.2) is 0 Å². The third kappa shape index (κ3) is 3.33. The van der Waals surface area contributed by atoms with Crippen molar-refractivity contribution in [2.24, 2.45) is 11.8 Å². The number of hydrogen-bond acceptors (Lipinski definition) is 3. The standard InChI is InChI=1S/C16H24N2S/c1-17-16-7-14-9-18(10-15(14)11-19-12-16)8-13-5-3-2-4-6-13/h2-6,14-17H,7-12H2,1H3/t14-,15+,16+/m0/s1. The Hall–Kier alpha value is -0.510. The van der Waals surface area contributed by atoms with E-state index in [0.29, 0.717) is 0 Å². The van der Waals surface area contributed by atoms with Crippen LogP contribution in [0.4, 0.5) is 0 Å². The van der Waals surface area contributed by atoms with E-state index in [1.807, 2.05) is 0 Å². The van der Waals surface area contributed by atoms with Crippen LogP contribution >= 0.6 is 11.8 Å². The third-order valence-corrected chi connectivity index (χ3v) is 5.85. The zero-order chi connectivity index (χ0) is 13.1. The van der Waals surface area contributed by atoms with Crippen LogP contribution in [-0.2, 0) is 6.54 Å². The van der Waals surface area contributed by atoms with Crippen LogP contribution in [-0.4, -0.2) is 42.6 Å². The van der Waals surface area contributed by atoms with Gasteiger partial charge in [0.1, 0.15) is 0 Å². The quantitative estimate of drug-likeness (QED) is 0.913. The number of thioether (sulfide) groups is 1. The van der Waals surface area contributed by atoms with E-state index in [0.717, 1.165) is 24.4 Å². The Morgan fingerprint density at radius 1 is 1.16 bits per heavy atom. The van der Waals surface area contributed by atoms with Crippen LogP contribution in [0, 0.1) is 11.8 Å². The van der Waals surface area contributed by atoms with E-state index in [4.69, 9.17) is 0 Å². The van der Waals surface area contributed by atoms with Crippen molar-refractivity contribution >= 4 is 11.8 Å². The average Bonchev–Trinajstić information content (AvgIpc) is 2.70. The lowest BCUT2D eigenvalue weighted by Crippen LogP contribution is -2.30. The molecule has 3 rings (SSSR count). The number of fused-ring (bicyclic) bond motifs is 1. The summed E-state index contributed by atoms with van der Waals surface area (Å²) >= 11 is 2.14. The molecule has 2 fully saturated rings. The fourth-order valence-corrected chi connectivity index (χ4v) is 4.86. The molecular formula is C16H24N2S. The Labute approximate surface area is 121 Å². The predicted octanol–water partition coefficient (Wildman–Crippen LogP) is 2.46. The summed E-state index contributed by atoms with van der Waals surface area (Å²) in [5, 5.41) is 3.48. The zero-order valence-electron chi connectivity index (χ0n) is 11.7. The van der Waals surface area contributed by atoms with Crippen LogP contribution < -0.4 is 5.32 Å². The van der Waals surface area contributed by atoms with E-state index in [9.17, 15) is 0 Å². The van der Waals surface area contributed by atoms with Crippen molar-refractivity contribution in [3.8, 4) is 0 Å². The van der Waals surface area contributed by atoms with Crippen molar-refractivity contribution in [3.63, 3.8) is 0 Å². The SMILES string of the molecule is CN[C@H]1CSC[C@H]2CN(Cc3ccccc3)C[C@@H]2C1. The van der Waals surface area contributed by atoms with Crippen LogP contribution in [0.1, 0.15) is 12.0 Å². The monoisotopic (exact) mass is 276 g/mol. The van der Waals surface area contributed by atoms with Gasteiger partial charge in [-0.25, -0.2) is 0 Å². The normalized spacial score (nSPS) is 31.9. The molecule has 3 atom stereocenters. The maximum absolute atomic E-state index is 3.48. The lowest BCUT2D eigenvalue weighted by Gasteiger charge is -2.19. The maximum Gasteiger partial charge on any atom is 0.0233 e. The van der Waals surface area contributed by atoms with E-state index in [-0.39, 0.29) is 0 Å². The Bertz CT molecular complexity index is 395. The van der Waals surface area contributed by atoms with Crippen LogP contribution in [0.2, 0.25) is 0 Å². The minimum atomic E-state index is 0.719. The Morgan fingerprint density at radius 2 is 1.95 bits per heavy atom. The van der Waals surface area contributed by atoms with Crippen LogP contribution in [0.25, 0.3) is 0 Å². The Morgan fingerprint density at radius 3 is 2.74 bits per heavy atom. The number of nitrogens with one attached hydrogen (secondary N) is 1. The average molecular weight is 276 g/mol. The number of likely N-dealkylation sites (tertiary alicyclic amines) is 1. The lowest BCUT2D eigenvalue weighted by atomic mass is 9.92. The molecule has 0 unspecified atom stereocenters. The van der Waals surface area contributed by atoms with Crippen LogP contribution in [0.15, 0.2) is 30.3 Å². The van der Waals surface area contributed by atoms with Crippen molar-refractivity contribution in [2.75, 3.05) is 31.6 Å². The summed E-state index contributed by atoms with van der Waals surface area (Å²) in [5.74, 6) is 4.46. The van der Waals surface area contributed by atoms with Gasteiger partial charge in [0.05, 0.1) is 0 Å². The Balaban J connectivity index is 1.60. The number of hydrogen-bond donors (Lipinski definition) is 1. The summed E-state index contributed by atoms with van der Waals surface area (Å²) in [6.07, 6.45) is 1.36. The molecule has 1 N–H and O–H groups in total. The minimum Gasteiger partial charge on any atom is -0.316 e. The summed E-state index contributed by atoms with van der Waals surface area (Å²) in [7, 11) is 2.11. The van der Waals surface area contributed by atoms with Crippen LogP contribution in [0.5, 0.6) is 0 Å². The molecule has 0 bridgehead atoms. The van der Waals surface area contributed by atoms with Gasteiger partial charge in [-0.05, 0) is 36.6 Å². The first kappa shape index (κ1) is 13.5.